The molecule has 16 heteroatoms. The minimum atomic E-state index is -1.000. The van der Waals surface area contributed by atoms with E-state index in [4.69, 9.17) is 10.8 Å². The molecule has 4 aromatic heterocycles. The topological polar surface area (TPSA) is 222 Å². The first-order valence-corrected chi connectivity index (χ1v) is 19.3. The van der Waals surface area contributed by atoms with Crippen molar-refractivity contribution in [2.75, 3.05) is 5.32 Å². The molecule has 0 saturated carbocycles. The van der Waals surface area contributed by atoms with Crippen molar-refractivity contribution in [2.45, 2.75) is 50.5 Å². The second kappa shape index (κ2) is 19.8. The molecule has 3 atom stereocenters. The molecule has 59 heavy (non-hydrogen) atoms. The molecule has 8 rings (SSSR count). The number of carbonyl (C=O) groups excluding carboxylic acids is 3. The Morgan fingerprint density at radius 2 is 1.12 bits per heavy atom. The first kappa shape index (κ1) is 41.5. The molecule has 6 heterocycles. The zero-order chi connectivity index (χ0) is 41.7. The SMILES string of the molecule is NC(Cc1cccnc1)C(=O)O.O=C(Nc1nccs1)C(Cc1cccnc1)N1Cc2ccccc2C1=O.O=C(O)C(Cc1cccnc1)N1Cc2ccccc2C1=O. The number of carboxylic acids is 2. The lowest BCUT2D eigenvalue weighted by atomic mass is 10.1. The Balaban J connectivity index is 0.000000159. The van der Waals surface area contributed by atoms with Gasteiger partial charge in [-0.1, -0.05) is 54.6 Å². The molecule has 0 aliphatic carbocycles. The summed E-state index contributed by atoms with van der Waals surface area (Å²) in [6, 6.07) is 23.2. The highest BCUT2D eigenvalue weighted by atomic mass is 32.1. The van der Waals surface area contributed by atoms with E-state index in [9.17, 15) is 29.1 Å². The van der Waals surface area contributed by atoms with Gasteiger partial charge in [-0.25, -0.2) is 9.78 Å². The summed E-state index contributed by atoms with van der Waals surface area (Å²) in [7, 11) is 0. The van der Waals surface area contributed by atoms with Crippen LogP contribution in [-0.2, 0) is 46.7 Å². The standard InChI is InChI=1S/C19H16N4O2S.C16H14N2O3.C8H10N2O2/c24-17(22-19-21-8-9-26-19)16(10-13-4-3-7-20-11-13)23-12-14-5-1-2-6-15(14)18(23)25;19-15-13-6-2-1-5-12(13)10-18(15)14(16(20)21)8-11-4-3-7-17-9-11;9-7(8(11)12)4-6-2-1-3-10-5-6/h1-9,11,16H,10,12H2,(H,21,22,24);1-7,9,14H,8,10H2,(H,20,21);1-3,5,7H,4,9H2,(H,11,12). The Kier molecular flexibility index (Phi) is 13.9. The Morgan fingerprint density at radius 1 is 0.644 bits per heavy atom. The van der Waals surface area contributed by atoms with Crippen molar-refractivity contribution in [3.8, 4) is 0 Å². The van der Waals surface area contributed by atoms with Gasteiger partial charge < -0.3 is 31.1 Å². The van der Waals surface area contributed by atoms with Crippen LogP contribution in [0.1, 0.15) is 48.5 Å². The van der Waals surface area contributed by atoms with E-state index in [1.54, 1.807) is 90.1 Å². The number of hydrogen-bond acceptors (Lipinski definition) is 11. The van der Waals surface area contributed by atoms with Crippen LogP contribution in [0.4, 0.5) is 5.13 Å². The van der Waals surface area contributed by atoms with Crippen molar-refractivity contribution in [1.82, 2.24) is 29.7 Å². The predicted octanol–water partition coefficient (Wildman–Crippen LogP) is 4.51. The number of pyridine rings is 3. The lowest BCUT2D eigenvalue weighted by molar-refractivity contribution is -0.142. The number of anilines is 1. The van der Waals surface area contributed by atoms with Crippen molar-refractivity contribution in [2.24, 2.45) is 5.73 Å². The van der Waals surface area contributed by atoms with E-state index in [2.05, 4.69) is 25.3 Å². The van der Waals surface area contributed by atoms with Crippen LogP contribution in [0.5, 0.6) is 0 Å². The molecule has 2 aliphatic rings. The number of thiazole rings is 1. The van der Waals surface area contributed by atoms with E-state index in [1.165, 1.54) is 16.2 Å². The number of hydrogen-bond donors (Lipinski definition) is 4. The third kappa shape index (κ3) is 10.8. The van der Waals surface area contributed by atoms with E-state index in [0.29, 0.717) is 42.2 Å². The summed E-state index contributed by atoms with van der Waals surface area (Å²) in [6.07, 6.45) is 12.5. The molecular formula is C43H40N8O7S. The average molecular weight is 813 g/mol. The average Bonchev–Trinajstić information content (AvgIpc) is 3.98. The van der Waals surface area contributed by atoms with Crippen molar-refractivity contribution >= 4 is 46.1 Å². The van der Waals surface area contributed by atoms with E-state index < -0.39 is 30.1 Å². The largest absolute Gasteiger partial charge is 0.480 e. The molecule has 15 nitrogen and oxygen atoms in total. The third-order valence-electron chi connectivity index (χ3n) is 9.50. The number of aliphatic carboxylic acids is 2. The minimum Gasteiger partial charge on any atom is -0.480 e. The summed E-state index contributed by atoms with van der Waals surface area (Å²) in [6.45, 7) is 0.761. The minimum absolute atomic E-state index is 0.122. The molecule has 0 bridgehead atoms. The smallest absolute Gasteiger partial charge is 0.326 e. The molecule has 0 saturated heterocycles. The number of benzene rings is 2. The van der Waals surface area contributed by atoms with Crippen LogP contribution in [0.3, 0.4) is 0 Å². The number of nitrogens with zero attached hydrogens (tertiary/aromatic N) is 6. The quantitative estimate of drug-likeness (QED) is 0.134. The van der Waals surface area contributed by atoms with Crippen LogP contribution in [0.2, 0.25) is 0 Å². The lowest BCUT2D eigenvalue weighted by Crippen LogP contribution is -2.45. The monoisotopic (exact) mass is 812 g/mol. The maximum Gasteiger partial charge on any atom is 0.326 e. The molecule has 2 aromatic carbocycles. The summed E-state index contributed by atoms with van der Waals surface area (Å²) in [5.41, 5.74) is 10.9. The first-order valence-electron chi connectivity index (χ1n) is 18.4. The van der Waals surface area contributed by atoms with E-state index in [1.807, 2.05) is 48.5 Å². The summed E-state index contributed by atoms with van der Waals surface area (Å²) in [5.74, 6) is -2.57. The van der Waals surface area contributed by atoms with Crippen molar-refractivity contribution < 1.29 is 34.2 Å². The highest BCUT2D eigenvalue weighted by Gasteiger charge is 2.37. The number of rotatable bonds is 12. The van der Waals surface area contributed by atoms with Gasteiger partial charge >= 0.3 is 11.9 Å². The van der Waals surface area contributed by atoms with Crippen LogP contribution < -0.4 is 11.1 Å². The molecule has 5 N–H and O–H groups in total. The van der Waals surface area contributed by atoms with Gasteiger partial charge in [0.15, 0.2) is 5.13 Å². The molecule has 300 valence electrons. The number of nitrogens with one attached hydrogen (secondary N) is 1. The predicted molar refractivity (Wildman–Crippen MR) is 218 cm³/mol. The highest BCUT2D eigenvalue weighted by Crippen LogP contribution is 2.28. The van der Waals surface area contributed by atoms with Crippen LogP contribution in [0, 0.1) is 0 Å². The number of amides is 3. The van der Waals surface area contributed by atoms with Gasteiger partial charge in [0.2, 0.25) is 5.91 Å². The van der Waals surface area contributed by atoms with Gasteiger partial charge in [0.1, 0.15) is 18.1 Å². The number of nitrogens with two attached hydrogens (primary N) is 1. The van der Waals surface area contributed by atoms with Gasteiger partial charge in [-0.05, 0) is 64.6 Å². The normalized spacial score (nSPS) is 14.1. The fourth-order valence-electron chi connectivity index (χ4n) is 6.55. The fraction of sp³-hybridized carbons (Fsp3) is 0.186. The summed E-state index contributed by atoms with van der Waals surface area (Å²) >= 11 is 1.35. The first-order chi connectivity index (χ1) is 28.6. The molecule has 0 spiro atoms. The van der Waals surface area contributed by atoms with Crippen LogP contribution >= 0.6 is 11.3 Å². The van der Waals surface area contributed by atoms with Gasteiger partial charge in [-0.15, -0.1) is 11.3 Å². The van der Waals surface area contributed by atoms with E-state index >= 15 is 0 Å². The zero-order valence-electron chi connectivity index (χ0n) is 31.6. The van der Waals surface area contributed by atoms with E-state index in [-0.39, 0.29) is 24.1 Å². The van der Waals surface area contributed by atoms with Crippen LogP contribution in [-0.4, -0.2) is 87.7 Å². The van der Waals surface area contributed by atoms with Crippen LogP contribution in [0.25, 0.3) is 0 Å². The summed E-state index contributed by atoms with van der Waals surface area (Å²) in [4.78, 5) is 79.2. The van der Waals surface area contributed by atoms with Gasteiger partial charge in [-0.2, -0.15) is 0 Å². The Bertz CT molecular complexity index is 2370. The third-order valence-corrected chi connectivity index (χ3v) is 10.2. The van der Waals surface area contributed by atoms with Crippen LogP contribution in [0.15, 0.2) is 134 Å². The molecule has 3 amide bonds. The maximum atomic E-state index is 12.9. The number of carbonyl (C=O) groups is 5. The molecular weight excluding hydrogens is 773 g/mol. The van der Waals surface area contributed by atoms with Gasteiger partial charge in [0.25, 0.3) is 11.8 Å². The second-order valence-electron chi connectivity index (χ2n) is 13.5. The Hall–Kier alpha value is -7.17. The Morgan fingerprint density at radius 3 is 1.54 bits per heavy atom. The van der Waals surface area contributed by atoms with Crippen molar-refractivity contribution in [3.63, 3.8) is 0 Å². The molecule has 3 unspecified atom stereocenters. The van der Waals surface area contributed by atoms with Crippen molar-refractivity contribution in [3.05, 3.63) is 173 Å². The highest BCUT2D eigenvalue weighted by molar-refractivity contribution is 7.13. The van der Waals surface area contributed by atoms with E-state index in [0.717, 1.165) is 27.8 Å². The van der Waals surface area contributed by atoms with Gasteiger partial charge in [0, 0.05) is 85.8 Å². The maximum absolute atomic E-state index is 12.9. The van der Waals surface area contributed by atoms with Gasteiger partial charge in [-0.3, -0.25) is 34.1 Å². The lowest BCUT2D eigenvalue weighted by Gasteiger charge is -2.26. The molecule has 2 aliphatic heterocycles. The van der Waals surface area contributed by atoms with Crippen molar-refractivity contribution in [1.29, 1.82) is 0 Å². The molecule has 0 fully saturated rings. The second-order valence-corrected chi connectivity index (χ2v) is 14.4. The van der Waals surface area contributed by atoms with Gasteiger partial charge in [0.05, 0.1) is 0 Å². The number of fused-ring (bicyclic) bond motifs is 2. The molecule has 0 radical (unpaired) electrons. The summed E-state index contributed by atoms with van der Waals surface area (Å²) in [5, 5.41) is 23.1. The summed E-state index contributed by atoms with van der Waals surface area (Å²) < 4.78 is 0. The fourth-order valence-corrected chi connectivity index (χ4v) is 7.08. The Labute approximate surface area is 343 Å². The zero-order valence-corrected chi connectivity index (χ0v) is 32.4. The number of carboxylic acid groups (broad SMARTS) is 2. The molecule has 6 aromatic rings. The number of aromatic nitrogens is 4.